The van der Waals surface area contributed by atoms with E-state index in [1.807, 2.05) is 32.9 Å². The zero-order valence-electron chi connectivity index (χ0n) is 7.13. The largest absolute Gasteiger partial charge is 0.241 e. The molecular weight excluding hydrogens is 136 g/mol. The summed E-state index contributed by atoms with van der Waals surface area (Å²) in [5.41, 5.74) is 3.22. The van der Waals surface area contributed by atoms with E-state index in [4.69, 9.17) is 0 Å². The fourth-order valence-corrected chi connectivity index (χ4v) is 0.883. The van der Waals surface area contributed by atoms with Crippen molar-refractivity contribution in [3.8, 4) is 0 Å². The summed E-state index contributed by atoms with van der Waals surface area (Å²) in [7, 11) is 0. The molecule has 0 aromatic carbocycles. The van der Waals surface area contributed by atoms with Gasteiger partial charge in [0.2, 0.25) is 0 Å². The summed E-state index contributed by atoms with van der Waals surface area (Å²) in [6.45, 7) is 6.01. The van der Waals surface area contributed by atoms with Gasteiger partial charge in [0.05, 0.1) is 5.69 Å². The average molecular weight is 148 g/mol. The van der Waals surface area contributed by atoms with E-state index < -0.39 is 0 Å². The van der Waals surface area contributed by atoms with Gasteiger partial charge in [0.1, 0.15) is 6.33 Å². The van der Waals surface area contributed by atoms with Crippen LogP contribution < -0.4 is 0 Å². The van der Waals surface area contributed by atoms with Crippen molar-refractivity contribution in [1.82, 2.24) is 9.97 Å². The van der Waals surface area contributed by atoms with Gasteiger partial charge in [-0.05, 0) is 32.4 Å². The van der Waals surface area contributed by atoms with Crippen molar-refractivity contribution in [1.29, 1.82) is 0 Å². The van der Waals surface area contributed by atoms with E-state index in [0.29, 0.717) is 0 Å². The number of hydrogen-bond acceptors (Lipinski definition) is 2. The van der Waals surface area contributed by atoms with E-state index in [-0.39, 0.29) is 0 Å². The van der Waals surface area contributed by atoms with Crippen molar-refractivity contribution in [3.63, 3.8) is 0 Å². The minimum Gasteiger partial charge on any atom is -0.241 e. The third-order valence-corrected chi connectivity index (χ3v) is 1.70. The van der Waals surface area contributed by atoms with Gasteiger partial charge in [0, 0.05) is 5.69 Å². The van der Waals surface area contributed by atoms with E-state index >= 15 is 0 Å². The molecule has 0 amide bonds. The summed E-state index contributed by atoms with van der Waals surface area (Å²) in [4.78, 5) is 8.21. The van der Waals surface area contributed by atoms with E-state index in [1.165, 1.54) is 0 Å². The molecule has 0 saturated carbocycles. The molecule has 1 aromatic heterocycles. The Morgan fingerprint density at radius 2 is 2.00 bits per heavy atom. The molecule has 0 bridgehead atoms. The molecule has 2 nitrogen and oxygen atoms in total. The predicted octanol–water partition coefficient (Wildman–Crippen LogP) is 2.13. The molecular formula is C9H12N2. The zero-order chi connectivity index (χ0) is 8.27. The Kier molecular flexibility index (Phi) is 2.36. The summed E-state index contributed by atoms with van der Waals surface area (Å²) in [5.74, 6) is 0. The lowest BCUT2D eigenvalue weighted by molar-refractivity contribution is 1.05. The van der Waals surface area contributed by atoms with E-state index in [1.54, 1.807) is 6.33 Å². The first-order chi connectivity index (χ1) is 5.25. The zero-order valence-corrected chi connectivity index (χ0v) is 7.13. The lowest BCUT2D eigenvalue weighted by atomic mass is 10.2. The second-order valence-corrected chi connectivity index (χ2v) is 2.47. The molecule has 0 aliphatic heterocycles. The fraction of sp³-hybridized carbons (Fsp3) is 0.333. The molecule has 0 saturated heterocycles. The van der Waals surface area contributed by atoms with Crippen LogP contribution in [0.3, 0.4) is 0 Å². The number of nitrogens with zero attached hydrogens (tertiary/aromatic N) is 2. The van der Waals surface area contributed by atoms with Crippen molar-refractivity contribution in [2.45, 2.75) is 20.8 Å². The molecule has 1 heterocycles. The molecule has 0 aliphatic carbocycles. The van der Waals surface area contributed by atoms with Crippen LogP contribution in [0.2, 0.25) is 0 Å². The second-order valence-electron chi connectivity index (χ2n) is 2.47. The first kappa shape index (κ1) is 7.92. The van der Waals surface area contributed by atoms with Crippen molar-refractivity contribution in [2.24, 2.45) is 0 Å². The van der Waals surface area contributed by atoms with Crippen molar-refractivity contribution in [3.05, 3.63) is 29.4 Å². The Morgan fingerprint density at radius 1 is 1.27 bits per heavy atom. The van der Waals surface area contributed by atoms with Gasteiger partial charge in [-0.2, -0.15) is 0 Å². The van der Waals surface area contributed by atoms with E-state index in [0.717, 1.165) is 17.0 Å². The molecule has 0 N–H and O–H groups in total. The van der Waals surface area contributed by atoms with Crippen molar-refractivity contribution >= 4 is 6.08 Å². The topological polar surface area (TPSA) is 25.8 Å². The summed E-state index contributed by atoms with van der Waals surface area (Å²) in [6.07, 6.45) is 5.57. The quantitative estimate of drug-likeness (QED) is 0.609. The van der Waals surface area contributed by atoms with Gasteiger partial charge in [-0.15, -0.1) is 0 Å². The van der Waals surface area contributed by atoms with Gasteiger partial charge >= 0.3 is 0 Å². The average Bonchev–Trinajstić information content (AvgIpc) is 1.99. The van der Waals surface area contributed by atoms with Gasteiger partial charge in [-0.3, -0.25) is 0 Å². The highest BCUT2D eigenvalue weighted by molar-refractivity contribution is 5.48. The minimum atomic E-state index is 1.01. The molecule has 0 radical (unpaired) electrons. The first-order valence-electron chi connectivity index (χ1n) is 3.66. The molecule has 0 fully saturated rings. The highest BCUT2D eigenvalue weighted by Gasteiger charge is 1.97. The highest BCUT2D eigenvalue weighted by Crippen LogP contribution is 2.07. The Bertz CT molecular complexity index is 277. The van der Waals surface area contributed by atoms with Crippen LogP contribution in [-0.2, 0) is 0 Å². The Balaban J connectivity index is 3.16. The van der Waals surface area contributed by atoms with Crippen LogP contribution in [0.1, 0.15) is 23.9 Å². The van der Waals surface area contributed by atoms with Crippen LogP contribution in [0.15, 0.2) is 12.4 Å². The van der Waals surface area contributed by atoms with Gasteiger partial charge in [-0.1, -0.05) is 6.08 Å². The summed E-state index contributed by atoms with van der Waals surface area (Å²) in [6, 6.07) is 0. The molecule has 0 spiro atoms. The van der Waals surface area contributed by atoms with Gasteiger partial charge in [-0.25, -0.2) is 9.97 Å². The molecule has 0 atom stereocenters. The second kappa shape index (κ2) is 3.28. The van der Waals surface area contributed by atoms with Gasteiger partial charge < -0.3 is 0 Å². The van der Waals surface area contributed by atoms with Crippen molar-refractivity contribution in [2.75, 3.05) is 0 Å². The molecule has 0 unspecified atom stereocenters. The number of aryl methyl sites for hydroxylation is 1. The SMILES string of the molecule is C/C=C\c1ncnc(C)c1C. The Morgan fingerprint density at radius 3 is 2.64 bits per heavy atom. The fourth-order valence-electron chi connectivity index (χ4n) is 0.883. The normalized spacial score (nSPS) is 10.8. The first-order valence-corrected chi connectivity index (χ1v) is 3.66. The number of rotatable bonds is 1. The maximum Gasteiger partial charge on any atom is 0.116 e. The van der Waals surface area contributed by atoms with Crippen LogP contribution in [0.4, 0.5) is 0 Å². The summed E-state index contributed by atoms with van der Waals surface area (Å²) in [5, 5.41) is 0. The maximum atomic E-state index is 4.13. The monoisotopic (exact) mass is 148 g/mol. The lowest BCUT2D eigenvalue weighted by Gasteiger charge is -2.00. The third-order valence-electron chi connectivity index (χ3n) is 1.70. The predicted molar refractivity (Wildman–Crippen MR) is 46.2 cm³/mol. The van der Waals surface area contributed by atoms with Crippen LogP contribution in [0.5, 0.6) is 0 Å². The highest BCUT2D eigenvalue weighted by atomic mass is 14.8. The molecule has 2 heteroatoms. The lowest BCUT2D eigenvalue weighted by Crippen LogP contribution is -1.92. The standard InChI is InChI=1S/C9H12N2/c1-4-5-9-7(2)8(3)10-6-11-9/h4-6H,1-3H3/b5-4-. The molecule has 0 aliphatic rings. The summed E-state index contributed by atoms with van der Waals surface area (Å²) >= 11 is 0. The Hall–Kier alpha value is -1.18. The van der Waals surface area contributed by atoms with Crippen LogP contribution in [0.25, 0.3) is 6.08 Å². The molecule has 1 aromatic rings. The van der Waals surface area contributed by atoms with Crippen LogP contribution in [-0.4, -0.2) is 9.97 Å². The summed E-state index contributed by atoms with van der Waals surface area (Å²) < 4.78 is 0. The van der Waals surface area contributed by atoms with Crippen LogP contribution >= 0.6 is 0 Å². The van der Waals surface area contributed by atoms with E-state index in [9.17, 15) is 0 Å². The van der Waals surface area contributed by atoms with Crippen molar-refractivity contribution < 1.29 is 0 Å². The maximum absolute atomic E-state index is 4.13. The Labute approximate surface area is 67.0 Å². The number of hydrogen-bond donors (Lipinski definition) is 0. The minimum absolute atomic E-state index is 1.01. The van der Waals surface area contributed by atoms with Gasteiger partial charge in [0.15, 0.2) is 0 Å². The van der Waals surface area contributed by atoms with E-state index in [2.05, 4.69) is 9.97 Å². The smallest absolute Gasteiger partial charge is 0.116 e. The van der Waals surface area contributed by atoms with Gasteiger partial charge in [0.25, 0.3) is 0 Å². The number of allylic oxidation sites excluding steroid dienone is 1. The molecule has 11 heavy (non-hydrogen) atoms. The van der Waals surface area contributed by atoms with Crippen LogP contribution in [0, 0.1) is 13.8 Å². The molecule has 1 rings (SSSR count). The third kappa shape index (κ3) is 1.64. The molecule has 58 valence electrons. The number of aromatic nitrogens is 2.